The van der Waals surface area contributed by atoms with Gasteiger partial charge in [-0.05, 0) is 25.0 Å². The average Bonchev–Trinajstić information content (AvgIpc) is 3.43. The summed E-state index contributed by atoms with van der Waals surface area (Å²) in [5.74, 6) is 0.749. The first-order valence-electron chi connectivity index (χ1n) is 13.8. The monoisotopic (exact) mass is 531 g/mol. The lowest BCUT2D eigenvalue weighted by Crippen LogP contribution is -2.54. The van der Waals surface area contributed by atoms with Gasteiger partial charge in [-0.3, -0.25) is 4.79 Å². The Morgan fingerprint density at radius 3 is 2.56 bits per heavy atom. The van der Waals surface area contributed by atoms with E-state index in [2.05, 4.69) is 15.2 Å². The third-order valence-corrected chi connectivity index (χ3v) is 7.69. The van der Waals surface area contributed by atoms with E-state index in [0.29, 0.717) is 31.8 Å². The lowest BCUT2D eigenvalue weighted by molar-refractivity contribution is 0.0601. The van der Waals surface area contributed by atoms with E-state index in [9.17, 15) is 9.59 Å². The first-order valence-corrected chi connectivity index (χ1v) is 13.8. The summed E-state index contributed by atoms with van der Waals surface area (Å²) in [7, 11) is 1.38. The number of para-hydroxylation sites is 1. The highest BCUT2D eigenvalue weighted by atomic mass is 16.5. The van der Waals surface area contributed by atoms with Crippen molar-refractivity contribution in [3.63, 3.8) is 0 Å². The van der Waals surface area contributed by atoms with Crippen molar-refractivity contribution in [3.8, 4) is 17.0 Å². The van der Waals surface area contributed by atoms with Crippen LogP contribution in [0.3, 0.4) is 0 Å². The molecule has 2 amide bonds. The Morgan fingerprint density at radius 2 is 1.79 bits per heavy atom. The number of aromatic nitrogens is 2. The number of nitrogens with one attached hydrogen (secondary N) is 2. The van der Waals surface area contributed by atoms with Crippen molar-refractivity contribution in [3.05, 3.63) is 72.7 Å². The molecule has 2 aliphatic rings. The molecule has 9 nitrogen and oxygen atoms in total. The van der Waals surface area contributed by atoms with Gasteiger partial charge in [0.15, 0.2) is 5.69 Å². The normalized spacial score (nSPS) is 21.3. The second-order valence-corrected chi connectivity index (χ2v) is 10.1. The predicted molar refractivity (Wildman–Crippen MR) is 149 cm³/mol. The summed E-state index contributed by atoms with van der Waals surface area (Å²) >= 11 is 0. The number of carbonyl (C=O) groups excluding carboxylic acids is 2. The van der Waals surface area contributed by atoms with Crippen LogP contribution in [0.25, 0.3) is 11.3 Å². The molecule has 5 rings (SSSR count). The first kappa shape index (κ1) is 26.7. The number of rotatable bonds is 8. The molecule has 3 aromatic rings. The number of alkyl carbamates (subject to hydrolysis) is 1. The molecule has 2 N–H and O–H groups in total. The highest BCUT2D eigenvalue weighted by Gasteiger charge is 2.35. The molecule has 1 aliphatic carbocycles. The Morgan fingerprint density at radius 1 is 1.05 bits per heavy atom. The van der Waals surface area contributed by atoms with Gasteiger partial charge in [0.05, 0.1) is 37.8 Å². The highest BCUT2D eigenvalue weighted by molar-refractivity contribution is 5.98. The predicted octanol–water partition coefficient (Wildman–Crippen LogP) is 4.27. The van der Waals surface area contributed by atoms with Crippen LogP contribution in [0.15, 0.2) is 67.0 Å². The van der Waals surface area contributed by atoms with Gasteiger partial charge in [-0.1, -0.05) is 61.4 Å². The van der Waals surface area contributed by atoms with E-state index in [-0.39, 0.29) is 24.0 Å². The van der Waals surface area contributed by atoms with Crippen molar-refractivity contribution in [2.45, 2.75) is 50.2 Å². The van der Waals surface area contributed by atoms with Crippen LogP contribution < -0.4 is 15.4 Å². The van der Waals surface area contributed by atoms with E-state index in [1.807, 2.05) is 65.6 Å². The molecular weight excluding hydrogens is 494 g/mol. The van der Waals surface area contributed by atoms with Gasteiger partial charge in [0.25, 0.3) is 5.91 Å². The number of hydrogen-bond acceptors (Lipinski definition) is 6. The maximum Gasteiger partial charge on any atom is 0.407 e. The van der Waals surface area contributed by atoms with Crippen molar-refractivity contribution >= 4 is 12.0 Å². The van der Waals surface area contributed by atoms with Gasteiger partial charge in [0.2, 0.25) is 0 Å². The van der Waals surface area contributed by atoms with Gasteiger partial charge in [0.1, 0.15) is 5.75 Å². The standard InChI is InChI=1S/C30H37N5O4/c1-38-30(37)33-25-14-8-9-15-26(25)35-21-32-27(28(35)22-10-4-2-5-11-22)29(36)34-18-17-31-20-23(34)16-19-39-24-12-6-3-7-13-24/h2-7,10-13,21,23,25-26,31H,8-9,14-20H2,1H3,(H,33,37)/t23-,25+,26+/m1/s1. The fraction of sp³-hybridized carbons (Fsp3) is 0.433. The van der Waals surface area contributed by atoms with Crippen LogP contribution >= 0.6 is 0 Å². The van der Waals surface area contributed by atoms with Gasteiger partial charge in [-0.25, -0.2) is 9.78 Å². The second-order valence-electron chi connectivity index (χ2n) is 10.1. The van der Waals surface area contributed by atoms with Crippen LogP contribution in [0.5, 0.6) is 5.75 Å². The van der Waals surface area contributed by atoms with Gasteiger partial charge in [-0.2, -0.15) is 0 Å². The van der Waals surface area contributed by atoms with Gasteiger partial charge in [0, 0.05) is 37.7 Å². The van der Waals surface area contributed by atoms with Gasteiger partial charge < -0.3 is 29.6 Å². The van der Waals surface area contributed by atoms with Crippen molar-refractivity contribution in [2.75, 3.05) is 33.4 Å². The molecule has 2 aromatic carbocycles. The van der Waals surface area contributed by atoms with Gasteiger partial charge in [-0.15, -0.1) is 0 Å². The number of nitrogens with zero attached hydrogens (tertiary/aromatic N) is 3. The molecule has 1 saturated carbocycles. The minimum Gasteiger partial charge on any atom is -0.494 e. The molecule has 1 aromatic heterocycles. The number of amides is 2. The lowest BCUT2D eigenvalue weighted by atomic mass is 9.89. The number of benzene rings is 2. The van der Waals surface area contributed by atoms with Crippen LogP contribution in [0, 0.1) is 0 Å². The zero-order valence-corrected chi connectivity index (χ0v) is 22.4. The molecule has 2 fully saturated rings. The number of piperazine rings is 1. The van der Waals surface area contributed by atoms with Crippen molar-refractivity contribution in [1.82, 2.24) is 25.1 Å². The number of methoxy groups -OCH3 is 1. The second kappa shape index (κ2) is 12.8. The SMILES string of the molecule is COC(=O)N[C@H]1CCCC[C@@H]1n1cnc(C(=O)N2CCNC[C@H]2CCOc2ccccc2)c1-c1ccccc1. The average molecular weight is 532 g/mol. The van der Waals surface area contributed by atoms with Crippen LogP contribution in [-0.4, -0.2) is 71.9 Å². The van der Waals surface area contributed by atoms with E-state index in [4.69, 9.17) is 14.5 Å². The number of carbonyl (C=O) groups is 2. The lowest BCUT2D eigenvalue weighted by Gasteiger charge is -2.36. The Labute approximate surface area is 229 Å². The number of ether oxygens (including phenoxy) is 2. The molecule has 206 valence electrons. The van der Waals surface area contributed by atoms with Crippen LogP contribution in [-0.2, 0) is 4.74 Å². The van der Waals surface area contributed by atoms with Crippen LogP contribution in [0.2, 0.25) is 0 Å². The van der Waals surface area contributed by atoms with E-state index in [1.54, 1.807) is 6.33 Å². The molecule has 1 saturated heterocycles. The number of hydrogen-bond donors (Lipinski definition) is 2. The minimum atomic E-state index is -0.439. The smallest absolute Gasteiger partial charge is 0.407 e. The molecule has 9 heteroatoms. The Hall–Kier alpha value is -3.85. The first-order chi connectivity index (χ1) is 19.2. The summed E-state index contributed by atoms with van der Waals surface area (Å²) in [6.45, 7) is 2.56. The fourth-order valence-corrected chi connectivity index (χ4v) is 5.73. The van der Waals surface area contributed by atoms with Crippen molar-refractivity contribution in [1.29, 1.82) is 0 Å². The molecule has 0 unspecified atom stereocenters. The largest absolute Gasteiger partial charge is 0.494 e. The molecule has 0 spiro atoms. The molecule has 39 heavy (non-hydrogen) atoms. The van der Waals surface area contributed by atoms with Gasteiger partial charge >= 0.3 is 6.09 Å². The summed E-state index contributed by atoms with van der Waals surface area (Å²) in [4.78, 5) is 32.9. The molecule has 0 bridgehead atoms. The fourth-order valence-electron chi connectivity index (χ4n) is 5.73. The summed E-state index contributed by atoms with van der Waals surface area (Å²) in [5.41, 5.74) is 2.17. The number of imidazole rings is 1. The van der Waals surface area contributed by atoms with E-state index < -0.39 is 6.09 Å². The van der Waals surface area contributed by atoms with Crippen LogP contribution in [0.1, 0.15) is 48.6 Å². The molecule has 1 aliphatic heterocycles. The zero-order chi connectivity index (χ0) is 27.0. The summed E-state index contributed by atoms with van der Waals surface area (Å²) in [6, 6.07) is 19.5. The molecule has 2 heterocycles. The minimum absolute atomic E-state index is 0.00726. The Bertz CT molecular complexity index is 1230. The summed E-state index contributed by atoms with van der Waals surface area (Å²) in [5, 5.41) is 6.44. The topological polar surface area (TPSA) is 97.7 Å². The van der Waals surface area contributed by atoms with Crippen molar-refractivity contribution in [2.24, 2.45) is 0 Å². The zero-order valence-electron chi connectivity index (χ0n) is 22.4. The third-order valence-electron chi connectivity index (χ3n) is 7.69. The Kier molecular flexibility index (Phi) is 8.78. The maximum atomic E-state index is 14.1. The van der Waals surface area contributed by atoms with E-state index in [1.165, 1.54) is 7.11 Å². The van der Waals surface area contributed by atoms with Crippen LogP contribution in [0.4, 0.5) is 4.79 Å². The highest BCUT2D eigenvalue weighted by Crippen LogP contribution is 2.35. The van der Waals surface area contributed by atoms with E-state index >= 15 is 0 Å². The summed E-state index contributed by atoms with van der Waals surface area (Å²) < 4.78 is 12.9. The van der Waals surface area contributed by atoms with E-state index in [0.717, 1.165) is 49.2 Å². The molecule has 0 radical (unpaired) electrons. The molecule has 3 atom stereocenters. The Balaban J connectivity index is 1.42. The quantitative estimate of drug-likeness (QED) is 0.451. The van der Waals surface area contributed by atoms with Crippen molar-refractivity contribution < 1.29 is 19.1 Å². The maximum absolute atomic E-state index is 14.1. The molecular formula is C30H37N5O4. The summed E-state index contributed by atoms with van der Waals surface area (Å²) in [6.07, 6.45) is 5.84. The third kappa shape index (κ3) is 6.25.